The van der Waals surface area contributed by atoms with Crippen molar-refractivity contribution >= 4 is 44.3 Å². The molecule has 1 aromatic carbocycles. The van der Waals surface area contributed by atoms with E-state index in [1.54, 1.807) is 6.07 Å². The minimum absolute atomic E-state index is 0.454. The lowest BCUT2D eigenvalue weighted by molar-refractivity contribution is -0.139. The predicted octanol–water partition coefficient (Wildman–Crippen LogP) is 3.39. The second-order valence-electron chi connectivity index (χ2n) is 4.65. The highest BCUT2D eigenvalue weighted by molar-refractivity contribution is 7.22. The number of rotatable bonds is 2. The molecular formula is C13H13ClN2O2S. The Morgan fingerprint density at radius 2 is 2.32 bits per heavy atom. The Morgan fingerprint density at radius 3 is 3.11 bits per heavy atom. The van der Waals surface area contributed by atoms with Crippen LogP contribution in [0.1, 0.15) is 19.3 Å². The summed E-state index contributed by atoms with van der Waals surface area (Å²) in [5.74, 6) is -0.767. The maximum Gasteiger partial charge on any atom is 0.326 e. The number of anilines is 1. The van der Waals surface area contributed by atoms with Gasteiger partial charge in [-0.05, 0) is 37.5 Å². The zero-order valence-corrected chi connectivity index (χ0v) is 11.7. The number of benzene rings is 1. The van der Waals surface area contributed by atoms with Crippen LogP contribution >= 0.6 is 22.9 Å². The van der Waals surface area contributed by atoms with Gasteiger partial charge in [0, 0.05) is 11.6 Å². The van der Waals surface area contributed by atoms with Crippen LogP contribution in [0.15, 0.2) is 18.2 Å². The molecule has 0 aliphatic carbocycles. The Kier molecular flexibility index (Phi) is 3.33. The third-order valence-corrected chi connectivity index (χ3v) is 4.66. The summed E-state index contributed by atoms with van der Waals surface area (Å²) in [5.41, 5.74) is 0.874. The fourth-order valence-electron chi connectivity index (χ4n) is 2.43. The number of hydrogen-bond donors (Lipinski definition) is 1. The van der Waals surface area contributed by atoms with Gasteiger partial charge in [0.2, 0.25) is 0 Å². The zero-order valence-electron chi connectivity index (χ0n) is 10.2. The molecule has 0 bridgehead atoms. The normalized spacial score (nSPS) is 19.8. The number of aromatic nitrogens is 1. The number of fused-ring (bicyclic) bond motifs is 1. The van der Waals surface area contributed by atoms with Crippen LogP contribution in [-0.2, 0) is 4.79 Å². The molecule has 0 amide bonds. The number of thiazole rings is 1. The van der Waals surface area contributed by atoms with Gasteiger partial charge in [-0.3, -0.25) is 0 Å². The highest BCUT2D eigenvalue weighted by Crippen LogP contribution is 2.33. The highest BCUT2D eigenvalue weighted by Gasteiger charge is 2.30. The molecule has 3 rings (SSSR count). The Bertz CT molecular complexity index is 628. The SMILES string of the molecule is O=C(O)C1CCCCN1c1nc2ccc(Cl)cc2s1. The van der Waals surface area contributed by atoms with E-state index < -0.39 is 12.0 Å². The third-order valence-electron chi connectivity index (χ3n) is 3.37. The molecule has 1 N–H and O–H groups in total. The summed E-state index contributed by atoms with van der Waals surface area (Å²) >= 11 is 7.47. The number of carbonyl (C=O) groups is 1. The molecule has 1 fully saturated rings. The van der Waals surface area contributed by atoms with Gasteiger partial charge < -0.3 is 10.0 Å². The summed E-state index contributed by atoms with van der Waals surface area (Å²) in [6, 6.07) is 5.10. The van der Waals surface area contributed by atoms with Gasteiger partial charge in [-0.1, -0.05) is 22.9 Å². The molecule has 1 aliphatic heterocycles. The van der Waals surface area contributed by atoms with E-state index in [1.165, 1.54) is 11.3 Å². The lowest BCUT2D eigenvalue weighted by atomic mass is 10.0. The number of halogens is 1. The van der Waals surface area contributed by atoms with Crippen LogP contribution in [0.3, 0.4) is 0 Å². The average molecular weight is 297 g/mol. The number of carboxylic acid groups (broad SMARTS) is 1. The largest absolute Gasteiger partial charge is 0.480 e. The average Bonchev–Trinajstić information content (AvgIpc) is 2.81. The molecule has 2 heterocycles. The second-order valence-corrected chi connectivity index (χ2v) is 6.10. The lowest BCUT2D eigenvalue weighted by Gasteiger charge is -2.32. The Labute approximate surface area is 119 Å². The first kappa shape index (κ1) is 12.7. The maximum atomic E-state index is 11.3. The molecule has 19 heavy (non-hydrogen) atoms. The van der Waals surface area contributed by atoms with Gasteiger partial charge in [0.15, 0.2) is 5.13 Å². The number of hydrogen-bond acceptors (Lipinski definition) is 4. The van der Waals surface area contributed by atoms with E-state index in [-0.39, 0.29) is 0 Å². The van der Waals surface area contributed by atoms with Crippen LogP contribution in [0.4, 0.5) is 5.13 Å². The van der Waals surface area contributed by atoms with Crippen molar-refractivity contribution in [3.8, 4) is 0 Å². The fraction of sp³-hybridized carbons (Fsp3) is 0.385. The molecule has 0 saturated carbocycles. The van der Waals surface area contributed by atoms with Gasteiger partial charge in [-0.2, -0.15) is 0 Å². The summed E-state index contributed by atoms with van der Waals surface area (Å²) in [6.07, 6.45) is 2.66. The summed E-state index contributed by atoms with van der Waals surface area (Å²) in [7, 11) is 0. The smallest absolute Gasteiger partial charge is 0.326 e. The van der Waals surface area contributed by atoms with E-state index in [0.717, 1.165) is 34.7 Å². The van der Waals surface area contributed by atoms with E-state index in [0.29, 0.717) is 11.4 Å². The van der Waals surface area contributed by atoms with E-state index >= 15 is 0 Å². The van der Waals surface area contributed by atoms with Crippen LogP contribution in [0.5, 0.6) is 0 Å². The molecule has 100 valence electrons. The number of nitrogens with zero attached hydrogens (tertiary/aromatic N) is 2. The highest BCUT2D eigenvalue weighted by atomic mass is 35.5. The van der Waals surface area contributed by atoms with E-state index in [2.05, 4.69) is 4.98 Å². The van der Waals surface area contributed by atoms with Crippen molar-refractivity contribution in [2.24, 2.45) is 0 Å². The van der Waals surface area contributed by atoms with Gasteiger partial charge >= 0.3 is 5.97 Å². The van der Waals surface area contributed by atoms with Crippen molar-refractivity contribution in [3.63, 3.8) is 0 Å². The molecule has 4 nitrogen and oxygen atoms in total. The van der Waals surface area contributed by atoms with Crippen LogP contribution < -0.4 is 4.90 Å². The van der Waals surface area contributed by atoms with Gasteiger partial charge in [-0.15, -0.1) is 0 Å². The molecule has 1 atom stereocenters. The van der Waals surface area contributed by atoms with Crippen molar-refractivity contribution < 1.29 is 9.90 Å². The zero-order chi connectivity index (χ0) is 13.4. The van der Waals surface area contributed by atoms with E-state index in [1.807, 2.05) is 17.0 Å². The molecule has 0 spiro atoms. The first-order chi connectivity index (χ1) is 9.15. The molecule has 2 aromatic rings. The van der Waals surface area contributed by atoms with E-state index in [4.69, 9.17) is 11.6 Å². The first-order valence-electron chi connectivity index (χ1n) is 6.21. The van der Waals surface area contributed by atoms with Crippen molar-refractivity contribution in [1.82, 2.24) is 4.98 Å². The molecule has 1 unspecified atom stereocenters. The van der Waals surface area contributed by atoms with E-state index in [9.17, 15) is 9.90 Å². The molecule has 1 saturated heterocycles. The Morgan fingerprint density at radius 1 is 1.47 bits per heavy atom. The fourth-order valence-corrected chi connectivity index (χ4v) is 3.74. The summed E-state index contributed by atoms with van der Waals surface area (Å²) in [5, 5.41) is 10.8. The standard InChI is InChI=1S/C13H13ClN2O2S/c14-8-4-5-9-11(7-8)19-13(15-9)16-6-2-1-3-10(16)12(17)18/h4-5,7,10H,1-3,6H2,(H,17,18). The van der Waals surface area contributed by atoms with Crippen molar-refractivity contribution in [1.29, 1.82) is 0 Å². The van der Waals surface area contributed by atoms with Gasteiger partial charge in [-0.25, -0.2) is 9.78 Å². The van der Waals surface area contributed by atoms with Crippen LogP contribution in [0, 0.1) is 0 Å². The Balaban J connectivity index is 1.99. The monoisotopic (exact) mass is 296 g/mol. The van der Waals surface area contributed by atoms with Gasteiger partial charge in [0.1, 0.15) is 6.04 Å². The molecular weight excluding hydrogens is 284 g/mol. The van der Waals surface area contributed by atoms with Crippen LogP contribution in [-0.4, -0.2) is 28.6 Å². The molecule has 0 radical (unpaired) electrons. The summed E-state index contributed by atoms with van der Waals surface area (Å²) in [4.78, 5) is 17.8. The minimum atomic E-state index is -0.767. The first-order valence-corrected chi connectivity index (χ1v) is 7.40. The Hall–Kier alpha value is -1.33. The van der Waals surface area contributed by atoms with Crippen molar-refractivity contribution in [2.75, 3.05) is 11.4 Å². The predicted molar refractivity (Wildman–Crippen MR) is 77.3 cm³/mol. The third kappa shape index (κ3) is 2.40. The number of aliphatic carboxylic acids is 1. The quantitative estimate of drug-likeness (QED) is 0.923. The topological polar surface area (TPSA) is 53.4 Å². The van der Waals surface area contributed by atoms with Crippen molar-refractivity contribution in [3.05, 3.63) is 23.2 Å². The summed E-state index contributed by atoms with van der Waals surface area (Å²) in [6.45, 7) is 0.754. The number of piperidine rings is 1. The number of carboxylic acids is 1. The van der Waals surface area contributed by atoms with Gasteiger partial charge in [0.25, 0.3) is 0 Å². The summed E-state index contributed by atoms with van der Waals surface area (Å²) < 4.78 is 0.997. The second kappa shape index (κ2) is 4.98. The maximum absolute atomic E-state index is 11.3. The molecule has 6 heteroatoms. The lowest BCUT2D eigenvalue weighted by Crippen LogP contribution is -2.44. The van der Waals surface area contributed by atoms with Crippen LogP contribution in [0.25, 0.3) is 10.2 Å². The van der Waals surface area contributed by atoms with Gasteiger partial charge in [0.05, 0.1) is 10.2 Å². The minimum Gasteiger partial charge on any atom is -0.480 e. The van der Waals surface area contributed by atoms with Crippen molar-refractivity contribution in [2.45, 2.75) is 25.3 Å². The molecule has 1 aromatic heterocycles. The molecule has 1 aliphatic rings. The van der Waals surface area contributed by atoms with Crippen LogP contribution in [0.2, 0.25) is 5.02 Å².